The van der Waals surface area contributed by atoms with Gasteiger partial charge in [0.2, 0.25) is 5.91 Å². The lowest BCUT2D eigenvalue weighted by molar-refractivity contribution is -0.181. The third-order valence-corrected chi connectivity index (χ3v) is 8.34. The molecular weight excluding hydrogens is 492 g/mol. The summed E-state index contributed by atoms with van der Waals surface area (Å²) < 4.78 is 0. The van der Waals surface area contributed by atoms with Crippen LogP contribution in [0.1, 0.15) is 33.6 Å². The Morgan fingerprint density at radius 3 is 2.53 bits per heavy atom. The summed E-state index contributed by atoms with van der Waals surface area (Å²) in [5.41, 5.74) is 4.96. The van der Waals surface area contributed by atoms with Gasteiger partial charge in [0, 0.05) is 30.9 Å². The molecule has 11 nitrogen and oxygen atoms in total. The highest BCUT2D eigenvalue weighted by atomic mass is 16.3. The Balaban J connectivity index is 1.53. The predicted octanol–water partition coefficient (Wildman–Crippen LogP) is -0.515. The molecule has 38 heavy (non-hydrogen) atoms. The molecule has 3 aliphatic rings. The van der Waals surface area contributed by atoms with Crippen molar-refractivity contribution in [2.45, 2.75) is 37.6 Å². The molecule has 0 radical (unpaired) electrons. The number of benzene rings is 1. The molecule has 0 aliphatic heterocycles. The van der Waals surface area contributed by atoms with Crippen LogP contribution in [0.2, 0.25) is 0 Å². The molecule has 5 rings (SSSR count). The van der Waals surface area contributed by atoms with E-state index in [2.05, 4.69) is 10.3 Å². The summed E-state index contributed by atoms with van der Waals surface area (Å²) in [7, 11) is 3.11. The maximum Gasteiger partial charge on any atom is 0.235 e. The minimum Gasteiger partial charge on any atom is -0.507 e. The molecule has 2 unspecified atom stereocenters. The highest BCUT2D eigenvalue weighted by molar-refractivity contribution is 6.32. The van der Waals surface area contributed by atoms with Crippen molar-refractivity contribution in [1.82, 2.24) is 15.2 Å². The molecule has 1 amide bonds. The van der Waals surface area contributed by atoms with Crippen LogP contribution in [0, 0.1) is 23.7 Å². The number of aromatic nitrogens is 1. The van der Waals surface area contributed by atoms with Gasteiger partial charge in [0.25, 0.3) is 0 Å². The van der Waals surface area contributed by atoms with Crippen molar-refractivity contribution < 1.29 is 34.2 Å². The topological polar surface area (TPSA) is 183 Å². The number of aliphatic hydroxyl groups is 1. The molecule has 0 saturated heterocycles. The summed E-state index contributed by atoms with van der Waals surface area (Å²) in [6, 6.07) is 5.80. The first-order valence-corrected chi connectivity index (χ1v) is 12.5. The highest BCUT2D eigenvalue weighted by Crippen LogP contribution is 2.51. The van der Waals surface area contributed by atoms with Gasteiger partial charge in [-0.15, -0.1) is 0 Å². The second kappa shape index (κ2) is 9.26. The van der Waals surface area contributed by atoms with Gasteiger partial charge in [-0.25, -0.2) is 0 Å². The van der Waals surface area contributed by atoms with E-state index in [1.165, 1.54) is 11.0 Å². The maximum absolute atomic E-state index is 13.8. The number of ketones is 4. The van der Waals surface area contributed by atoms with Crippen LogP contribution in [0.15, 0.2) is 30.5 Å². The number of primary amides is 1. The van der Waals surface area contributed by atoms with E-state index in [0.29, 0.717) is 18.7 Å². The number of H-pyrrole nitrogens is 1. The van der Waals surface area contributed by atoms with Crippen molar-refractivity contribution >= 4 is 29.0 Å². The first-order chi connectivity index (χ1) is 18.0. The lowest BCUT2D eigenvalue weighted by atomic mass is 9.52. The first-order valence-electron chi connectivity index (χ1n) is 12.5. The van der Waals surface area contributed by atoms with Gasteiger partial charge >= 0.3 is 0 Å². The molecule has 1 aromatic heterocycles. The standard InChI is InChI=1S/C27H30N4O7/c1-31(2)21-16-9-13-8-15-12(10-29-11-14-4-3-7-30-14)5-6-17(32)19(15)22(33)18(13)24(35)27(16,38)25(36)20(23(21)34)26(28)37/h3-7,13,16,18,20-21,29-30,32,38H,8-11H2,1-2H3,(H2,28,37)/t13-,16-,18?,20?,21-,27-/m1/s1. The molecule has 1 heterocycles. The first kappa shape index (κ1) is 26.0. The number of hydrogen-bond acceptors (Lipinski definition) is 9. The summed E-state index contributed by atoms with van der Waals surface area (Å²) in [6.45, 7) is 0.942. The summed E-state index contributed by atoms with van der Waals surface area (Å²) in [6.07, 6.45) is 2.07. The van der Waals surface area contributed by atoms with E-state index in [1.54, 1.807) is 20.2 Å². The van der Waals surface area contributed by atoms with Crippen LogP contribution in [-0.2, 0) is 38.7 Å². The predicted molar refractivity (Wildman–Crippen MR) is 133 cm³/mol. The summed E-state index contributed by atoms with van der Waals surface area (Å²) >= 11 is 0. The smallest absolute Gasteiger partial charge is 0.235 e. The van der Waals surface area contributed by atoms with Gasteiger partial charge < -0.3 is 26.2 Å². The van der Waals surface area contributed by atoms with Crippen molar-refractivity contribution in [2.75, 3.05) is 14.1 Å². The van der Waals surface area contributed by atoms with Gasteiger partial charge in [-0.05, 0) is 62.2 Å². The molecule has 6 N–H and O–H groups in total. The number of aromatic hydroxyl groups is 1. The minimum atomic E-state index is -2.72. The van der Waals surface area contributed by atoms with E-state index >= 15 is 0 Å². The fraction of sp³-hybridized carbons (Fsp3) is 0.444. The van der Waals surface area contributed by atoms with Crippen LogP contribution in [0.5, 0.6) is 5.75 Å². The quantitative estimate of drug-likeness (QED) is 0.312. The number of Topliss-reactive ketones (excluding diaryl/α,β-unsaturated/α-hetero) is 4. The third-order valence-electron chi connectivity index (χ3n) is 8.34. The zero-order valence-electron chi connectivity index (χ0n) is 21.1. The van der Waals surface area contributed by atoms with E-state index in [-0.39, 0.29) is 24.2 Å². The lowest BCUT2D eigenvalue weighted by Gasteiger charge is -2.52. The van der Waals surface area contributed by atoms with Gasteiger partial charge in [0.05, 0.1) is 17.5 Å². The average Bonchev–Trinajstić information content (AvgIpc) is 3.36. The Morgan fingerprint density at radius 2 is 1.89 bits per heavy atom. The lowest BCUT2D eigenvalue weighted by Crippen LogP contribution is -2.74. The number of amides is 1. The second-order valence-corrected chi connectivity index (χ2v) is 10.7. The number of nitrogens with one attached hydrogen (secondary N) is 2. The molecule has 6 atom stereocenters. The third kappa shape index (κ3) is 3.72. The molecule has 3 aliphatic carbocycles. The van der Waals surface area contributed by atoms with Crippen LogP contribution in [-0.4, -0.2) is 74.9 Å². The van der Waals surface area contributed by atoms with Crippen molar-refractivity contribution in [3.63, 3.8) is 0 Å². The average molecular weight is 523 g/mol. The van der Waals surface area contributed by atoms with Gasteiger partial charge in [-0.2, -0.15) is 0 Å². The van der Waals surface area contributed by atoms with Crippen molar-refractivity contribution in [2.24, 2.45) is 29.4 Å². The number of carbonyl (C=O) groups is 5. The molecule has 2 aromatic rings. The number of phenols is 1. The van der Waals surface area contributed by atoms with Crippen molar-refractivity contribution in [3.05, 3.63) is 52.8 Å². The van der Waals surface area contributed by atoms with E-state index in [9.17, 15) is 34.2 Å². The van der Waals surface area contributed by atoms with E-state index < -0.39 is 64.4 Å². The molecule has 0 spiro atoms. The van der Waals surface area contributed by atoms with Gasteiger partial charge in [0.15, 0.2) is 34.7 Å². The molecule has 1 aromatic carbocycles. The summed E-state index contributed by atoms with van der Waals surface area (Å²) in [5, 5.41) is 25.5. The fourth-order valence-corrected chi connectivity index (χ4v) is 6.64. The zero-order chi connectivity index (χ0) is 27.5. The van der Waals surface area contributed by atoms with Gasteiger partial charge in [-0.3, -0.25) is 28.9 Å². The Bertz CT molecular complexity index is 1350. The Morgan fingerprint density at radius 1 is 1.16 bits per heavy atom. The zero-order valence-corrected chi connectivity index (χ0v) is 21.1. The Hall–Kier alpha value is -3.67. The van der Waals surface area contributed by atoms with Crippen LogP contribution < -0.4 is 11.1 Å². The van der Waals surface area contributed by atoms with Crippen molar-refractivity contribution in [1.29, 1.82) is 0 Å². The van der Waals surface area contributed by atoms with Crippen molar-refractivity contribution in [3.8, 4) is 5.75 Å². The number of likely N-dealkylation sites (N-methyl/N-ethyl adjacent to an activating group) is 1. The highest BCUT2D eigenvalue weighted by Gasteiger charge is 2.69. The molecule has 200 valence electrons. The number of hydrogen-bond donors (Lipinski definition) is 5. The van der Waals surface area contributed by atoms with Crippen LogP contribution in [0.4, 0.5) is 0 Å². The number of rotatable bonds is 6. The minimum absolute atomic E-state index is 0.00392. The van der Waals surface area contributed by atoms with Crippen LogP contribution in [0.3, 0.4) is 0 Å². The Kier molecular flexibility index (Phi) is 6.33. The second-order valence-electron chi connectivity index (χ2n) is 10.7. The van der Waals surface area contributed by atoms with E-state index in [0.717, 1.165) is 11.3 Å². The van der Waals surface area contributed by atoms with E-state index in [1.807, 2.05) is 18.3 Å². The number of nitrogens with zero attached hydrogens (tertiary/aromatic N) is 1. The molecule has 2 saturated carbocycles. The summed E-state index contributed by atoms with van der Waals surface area (Å²) in [5.74, 6) is -10.4. The van der Waals surface area contributed by atoms with Gasteiger partial charge in [-0.1, -0.05) is 6.07 Å². The number of nitrogens with two attached hydrogens (primary N) is 1. The summed E-state index contributed by atoms with van der Waals surface area (Å²) in [4.78, 5) is 70.6. The SMILES string of the molecule is CN(C)[C@H]1C(=O)C(C(N)=O)C(=O)[C@]2(O)C(=O)C3C(=O)c4c(O)ccc(CNCc5ccc[nH]5)c4C[C@@H]3C[C@H]12. The molecule has 0 bridgehead atoms. The number of aromatic amines is 1. The maximum atomic E-state index is 13.8. The molecule has 11 heteroatoms. The molecular formula is C27H30N4O7. The number of fused-ring (bicyclic) bond motifs is 3. The van der Waals surface area contributed by atoms with Gasteiger partial charge in [0.1, 0.15) is 5.75 Å². The molecule has 2 fully saturated rings. The Labute approximate surface area is 218 Å². The van der Waals surface area contributed by atoms with Crippen LogP contribution in [0.25, 0.3) is 0 Å². The van der Waals surface area contributed by atoms with E-state index in [4.69, 9.17) is 5.73 Å². The monoisotopic (exact) mass is 522 g/mol. The fourth-order valence-electron chi connectivity index (χ4n) is 6.64. The largest absolute Gasteiger partial charge is 0.507 e. The normalized spacial score (nSPS) is 30.7. The number of phenolic OH excluding ortho intramolecular Hbond substituents is 1. The van der Waals surface area contributed by atoms with Crippen LogP contribution >= 0.6 is 0 Å². The number of carbonyl (C=O) groups excluding carboxylic acids is 5.